The van der Waals surface area contributed by atoms with E-state index in [9.17, 15) is 8.42 Å². The molecule has 0 atom stereocenters. The Hall–Kier alpha value is -0.910. The Balaban J connectivity index is 2.15. The Kier molecular flexibility index (Phi) is 4.04. The van der Waals surface area contributed by atoms with Crippen molar-refractivity contribution in [2.24, 2.45) is 5.92 Å². The first-order valence-electron chi connectivity index (χ1n) is 6.40. The molecule has 0 saturated carbocycles. The molecule has 0 bridgehead atoms. The molecule has 1 fully saturated rings. The summed E-state index contributed by atoms with van der Waals surface area (Å²) in [5.74, 6) is 0.578. The lowest BCUT2D eigenvalue weighted by Gasteiger charge is -2.29. The molecule has 0 spiro atoms. The van der Waals surface area contributed by atoms with E-state index in [0.29, 0.717) is 23.9 Å². The van der Waals surface area contributed by atoms with E-state index in [2.05, 4.69) is 5.73 Å². The van der Waals surface area contributed by atoms with Crippen molar-refractivity contribution in [3.63, 3.8) is 0 Å². The first-order valence-corrected chi connectivity index (χ1v) is 7.84. The highest BCUT2D eigenvalue weighted by molar-refractivity contribution is 7.89. The fraction of sp³-hybridized carbons (Fsp3) is 0.538. The van der Waals surface area contributed by atoms with Gasteiger partial charge < -0.3 is 5.73 Å². The standard InChI is InChI=1S/C13H20N2O2S/c1-11-2-4-13(5-3-11)18(16,17)15-8-6-12(10-14)7-9-15/h2-5,12H,6-10,14H2,1H3/p+1. The molecule has 0 radical (unpaired) electrons. The van der Waals surface area contributed by atoms with E-state index in [4.69, 9.17) is 0 Å². The molecule has 5 heteroatoms. The average Bonchev–Trinajstić information content (AvgIpc) is 2.39. The normalized spacial score (nSPS) is 19.0. The Morgan fingerprint density at radius 1 is 1.22 bits per heavy atom. The predicted octanol–water partition coefficient (Wildman–Crippen LogP) is 0.638. The molecule has 0 aromatic heterocycles. The van der Waals surface area contributed by atoms with Crippen molar-refractivity contribution in [2.75, 3.05) is 19.6 Å². The predicted molar refractivity (Wildman–Crippen MR) is 70.4 cm³/mol. The quantitative estimate of drug-likeness (QED) is 0.875. The molecule has 0 amide bonds. The third kappa shape index (κ3) is 2.74. The monoisotopic (exact) mass is 269 g/mol. The zero-order valence-electron chi connectivity index (χ0n) is 10.8. The molecule has 0 unspecified atom stereocenters. The maximum atomic E-state index is 12.4. The molecule has 1 aromatic carbocycles. The summed E-state index contributed by atoms with van der Waals surface area (Å²) in [5, 5.41) is 0. The van der Waals surface area contributed by atoms with E-state index in [0.717, 1.165) is 24.9 Å². The van der Waals surface area contributed by atoms with Gasteiger partial charge in [0.1, 0.15) is 0 Å². The van der Waals surface area contributed by atoms with Crippen LogP contribution in [0.5, 0.6) is 0 Å². The van der Waals surface area contributed by atoms with Crippen molar-refractivity contribution in [1.82, 2.24) is 4.31 Å². The molecular weight excluding hydrogens is 248 g/mol. The summed E-state index contributed by atoms with van der Waals surface area (Å²) in [6.45, 7) is 4.10. The van der Waals surface area contributed by atoms with Gasteiger partial charge in [-0.3, -0.25) is 0 Å². The maximum Gasteiger partial charge on any atom is 0.243 e. The molecule has 3 N–H and O–H groups in total. The van der Waals surface area contributed by atoms with E-state index >= 15 is 0 Å². The minimum absolute atomic E-state index is 0.404. The van der Waals surface area contributed by atoms with Crippen LogP contribution in [0.4, 0.5) is 0 Å². The number of aryl methyl sites for hydroxylation is 1. The van der Waals surface area contributed by atoms with E-state index in [1.54, 1.807) is 16.4 Å². The van der Waals surface area contributed by atoms with Gasteiger partial charge in [0, 0.05) is 19.0 Å². The van der Waals surface area contributed by atoms with Crippen molar-refractivity contribution >= 4 is 10.0 Å². The van der Waals surface area contributed by atoms with Crippen molar-refractivity contribution < 1.29 is 14.2 Å². The third-order valence-electron chi connectivity index (χ3n) is 3.64. The first-order chi connectivity index (χ1) is 8.54. The molecule has 1 saturated heterocycles. The van der Waals surface area contributed by atoms with Crippen LogP contribution in [0.15, 0.2) is 29.2 Å². The van der Waals surface area contributed by atoms with Gasteiger partial charge in [-0.25, -0.2) is 8.42 Å². The Bertz CT molecular complexity index is 488. The molecule has 4 nitrogen and oxygen atoms in total. The summed E-state index contributed by atoms with van der Waals surface area (Å²) in [5.41, 5.74) is 4.97. The van der Waals surface area contributed by atoms with Gasteiger partial charge in [0.25, 0.3) is 0 Å². The van der Waals surface area contributed by atoms with Gasteiger partial charge in [-0.1, -0.05) is 17.7 Å². The van der Waals surface area contributed by atoms with Crippen molar-refractivity contribution in [2.45, 2.75) is 24.7 Å². The van der Waals surface area contributed by atoms with E-state index < -0.39 is 10.0 Å². The number of hydrogen-bond donors (Lipinski definition) is 1. The van der Waals surface area contributed by atoms with Gasteiger partial charge in [-0.2, -0.15) is 4.31 Å². The molecule has 1 aliphatic rings. The zero-order valence-corrected chi connectivity index (χ0v) is 11.6. The van der Waals surface area contributed by atoms with Crippen LogP contribution in [0.25, 0.3) is 0 Å². The van der Waals surface area contributed by atoms with Gasteiger partial charge >= 0.3 is 0 Å². The number of quaternary nitrogens is 1. The molecule has 1 aliphatic heterocycles. The third-order valence-corrected chi connectivity index (χ3v) is 5.55. The summed E-state index contributed by atoms with van der Waals surface area (Å²) < 4.78 is 26.4. The van der Waals surface area contributed by atoms with Crippen LogP contribution in [-0.2, 0) is 10.0 Å². The molecule has 100 valence electrons. The number of nitrogens with zero attached hydrogens (tertiary/aromatic N) is 1. The van der Waals surface area contributed by atoms with Crippen LogP contribution < -0.4 is 5.73 Å². The van der Waals surface area contributed by atoms with Crippen LogP contribution in [0.1, 0.15) is 18.4 Å². The Morgan fingerprint density at radius 3 is 2.28 bits per heavy atom. The smallest absolute Gasteiger partial charge is 0.243 e. The van der Waals surface area contributed by atoms with Crippen molar-refractivity contribution in [3.05, 3.63) is 29.8 Å². The average molecular weight is 269 g/mol. The first kappa shape index (κ1) is 13.5. The van der Waals surface area contributed by atoms with Gasteiger partial charge in [-0.15, -0.1) is 0 Å². The lowest BCUT2D eigenvalue weighted by atomic mass is 9.99. The number of piperidine rings is 1. The van der Waals surface area contributed by atoms with E-state index in [1.165, 1.54) is 0 Å². The largest absolute Gasteiger partial charge is 0.357 e. The van der Waals surface area contributed by atoms with Crippen molar-refractivity contribution in [1.29, 1.82) is 0 Å². The molecular formula is C13H21N2O2S+. The molecule has 1 heterocycles. The highest BCUT2D eigenvalue weighted by Gasteiger charge is 2.29. The number of benzene rings is 1. The second kappa shape index (κ2) is 5.38. The second-order valence-corrected chi connectivity index (χ2v) is 6.89. The lowest BCUT2D eigenvalue weighted by Crippen LogP contribution is -2.55. The van der Waals surface area contributed by atoms with E-state index in [-0.39, 0.29) is 0 Å². The molecule has 1 aromatic rings. The van der Waals surface area contributed by atoms with Crippen LogP contribution in [0.2, 0.25) is 0 Å². The molecule has 18 heavy (non-hydrogen) atoms. The number of rotatable bonds is 3. The lowest BCUT2D eigenvalue weighted by molar-refractivity contribution is -0.380. The number of hydrogen-bond acceptors (Lipinski definition) is 2. The zero-order chi connectivity index (χ0) is 13.2. The van der Waals surface area contributed by atoms with Crippen LogP contribution in [0.3, 0.4) is 0 Å². The second-order valence-electron chi connectivity index (χ2n) is 4.95. The van der Waals surface area contributed by atoms with Gasteiger partial charge in [-0.05, 0) is 31.9 Å². The van der Waals surface area contributed by atoms with Gasteiger partial charge in [0.05, 0.1) is 11.4 Å². The summed E-state index contributed by atoms with van der Waals surface area (Å²) in [6.07, 6.45) is 1.85. The van der Waals surface area contributed by atoms with Crippen molar-refractivity contribution in [3.8, 4) is 0 Å². The van der Waals surface area contributed by atoms with Gasteiger partial charge in [0.2, 0.25) is 10.0 Å². The molecule has 0 aliphatic carbocycles. The molecule has 2 rings (SSSR count). The topological polar surface area (TPSA) is 65.0 Å². The van der Waals surface area contributed by atoms with Crippen LogP contribution in [-0.4, -0.2) is 32.4 Å². The maximum absolute atomic E-state index is 12.4. The Labute approximate surface area is 109 Å². The van der Waals surface area contributed by atoms with Gasteiger partial charge in [0.15, 0.2) is 0 Å². The van der Waals surface area contributed by atoms with Crippen LogP contribution in [0, 0.1) is 12.8 Å². The fourth-order valence-electron chi connectivity index (χ4n) is 2.30. The SMILES string of the molecule is Cc1ccc(S(=O)(=O)N2CCC(C[NH3+])CC2)cc1. The highest BCUT2D eigenvalue weighted by atomic mass is 32.2. The highest BCUT2D eigenvalue weighted by Crippen LogP contribution is 2.23. The van der Waals surface area contributed by atoms with Crippen LogP contribution >= 0.6 is 0 Å². The minimum Gasteiger partial charge on any atom is -0.357 e. The minimum atomic E-state index is -3.30. The fourth-order valence-corrected chi connectivity index (χ4v) is 3.77. The summed E-state index contributed by atoms with van der Waals surface area (Å²) in [7, 11) is -3.30. The Morgan fingerprint density at radius 2 is 1.78 bits per heavy atom. The summed E-state index contributed by atoms with van der Waals surface area (Å²) >= 11 is 0. The number of sulfonamides is 1. The summed E-state index contributed by atoms with van der Waals surface area (Å²) in [4.78, 5) is 0.404. The summed E-state index contributed by atoms with van der Waals surface area (Å²) in [6, 6.07) is 7.07. The van der Waals surface area contributed by atoms with E-state index in [1.807, 2.05) is 19.1 Å².